The van der Waals surface area contributed by atoms with E-state index in [1.807, 2.05) is 12.2 Å². The van der Waals surface area contributed by atoms with Crippen LogP contribution in [-0.4, -0.2) is 33.0 Å². The van der Waals surface area contributed by atoms with E-state index in [1.54, 1.807) is 30.3 Å². The van der Waals surface area contributed by atoms with Crippen LogP contribution in [0.4, 0.5) is 17.3 Å². The molecule has 1 aromatic heterocycles. The maximum atomic E-state index is 11.8. The summed E-state index contributed by atoms with van der Waals surface area (Å²) in [6.45, 7) is 0. The molecule has 0 fully saturated rings. The molecule has 11 heteroatoms. The number of benzene rings is 2. The molecule has 1 aliphatic rings. The number of esters is 1. The largest absolute Gasteiger partial charge is 0.465 e. The van der Waals surface area contributed by atoms with Crippen molar-refractivity contribution in [1.29, 1.82) is 0 Å². The summed E-state index contributed by atoms with van der Waals surface area (Å²) in [7, 11) is 1.30. The Morgan fingerprint density at radius 1 is 1.03 bits per heavy atom. The molecule has 0 unspecified atom stereocenters. The molecule has 1 heterocycles. The molecule has 0 saturated heterocycles. The van der Waals surface area contributed by atoms with Gasteiger partial charge in [-0.05, 0) is 49.3 Å². The van der Waals surface area contributed by atoms with Crippen LogP contribution in [0.25, 0.3) is 0 Å². The number of non-ortho nitro benzene ring substituents is 1. The Bertz CT molecular complexity index is 1290. The van der Waals surface area contributed by atoms with Crippen LogP contribution in [-0.2, 0) is 4.74 Å². The lowest BCUT2D eigenvalue weighted by atomic mass is 10.2. The van der Waals surface area contributed by atoms with Gasteiger partial charge in [0.1, 0.15) is 11.5 Å². The summed E-state index contributed by atoms with van der Waals surface area (Å²) in [5.41, 5.74) is 0.709. The zero-order valence-corrected chi connectivity index (χ0v) is 18.0. The standard InChI is InChI=1S/C23H19N5O6/c1-32-20(29)15-7-5-8-16(13-15)24-21-25-22(33-18-10-3-2-4-11-18)27-23(26-21)34-19-12-6-9-17(14-19)28(30)31/h3,5-14H,2,4H2,1H3,(H,24,25,26,27). The third-order valence-electron chi connectivity index (χ3n) is 4.54. The van der Waals surface area contributed by atoms with Crippen molar-refractivity contribution in [3.63, 3.8) is 0 Å². The zero-order valence-electron chi connectivity index (χ0n) is 18.0. The summed E-state index contributed by atoms with van der Waals surface area (Å²) >= 11 is 0. The van der Waals surface area contributed by atoms with Gasteiger partial charge < -0.3 is 19.5 Å². The number of aromatic nitrogens is 3. The molecule has 0 atom stereocenters. The van der Waals surface area contributed by atoms with Crippen LogP contribution in [0.1, 0.15) is 23.2 Å². The third-order valence-corrected chi connectivity index (χ3v) is 4.54. The van der Waals surface area contributed by atoms with Gasteiger partial charge in [0.2, 0.25) is 5.95 Å². The second-order valence-electron chi connectivity index (χ2n) is 6.97. The van der Waals surface area contributed by atoms with Crippen LogP contribution in [0, 0.1) is 10.1 Å². The Labute approximate surface area is 193 Å². The highest BCUT2D eigenvalue weighted by molar-refractivity contribution is 5.90. The van der Waals surface area contributed by atoms with Crippen LogP contribution in [0.5, 0.6) is 17.8 Å². The molecule has 0 spiro atoms. The first-order valence-electron chi connectivity index (χ1n) is 10.2. The van der Waals surface area contributed by atoms with Gasteiger partial charge in [0.05, 0.1) is 23.7 Å². The molecule has 0 aliphatic heterocycles. The first-order chi connectivity index (χ1) is 16.5. The number of hydrogen-bond donors (Lipinski definition) is 1. The molecule has 34 heavy (non-hydrogen) atoms. The van der Waals surface area contributed by atoms with E-state index >= 15 is 0 Å². The highest BCUT2D eigenvalue weighted by Gasteiger charge is 2.14. The molecule has 4 rings (SSSR count). The molecule has 0 saturated carbocycles. The molecule has 3 aromatic rings. The molecule has 1 N–H and O–H groups in total. The van der Waals surface area contributed by atoms with Crippen LogP contribution < -0.4 is 14.8 Å². The van der Waals surface area contributed by atoms with E-state index in [2.05, 4.69) is 20.3 Å². The summed E-state index contributed by atoms with van der Waals surface area (Å²) in [4.78, 5) is 35.0. The monoisotopic (exact) mass is 461 g/mol. The second kappa shape index (κ2) is 10.2. The number of methoxy groups -OCH3 is 1. The van der Waals surface area contributed by atoms with Gasteiger partial charge in [-0.15, -0.1) is 4.98 Å². The Balaban J connectivity index is 1.65. The first-order valence-corrected chi connectivity index (χ1v) is 10.2. The van der Waals surface area contributed by atoms with Crippen molar-refractivity contribution in [1.82, 2.24) is 15.0 Å². The fraction of sp³-hybridized carbons (Fsp3) is 0.130. The van der Waals surface area contributed by atoms with Crippen LogP contribution >= 0.6 is 0 Å². The zero-order chi connectivity index (χ0) is 23.9. The summed E-state index contributed by atoms with van der Waals surface area (Å²) in [5.74, 6) is 0.320. The molecule has 2 aromatic carbocycles. The van der Waals surface area contributed by atoms with Crippen molar-refractivity contribution in [3.8, 4) is 17.8 Å². The molecule has 0 radical (unpaired) electrons. The summed E-state index contributed by atoms with van der Waals surface area (Å²) in [6, 6.07) is 12.0. The topological polar surface area (TPSA) is 139 Å². The quantitative estimate of drug-likeness (QED) is 0.285. The Morgan fingerprint density at radius 2 is 1.82 bits per heavy atom. The van der Waals surface area contributed by atoms with Crippen molar-refractivity contribution < 1.29 is 23.9 Å². The van der Waals surface area contributed by atoms with Gasteiger partial charge in [0, 0.05) is 11.8 Å². The maximum absolute atomic E-state index is 11.8. The highest BCUT2D eigenvalue weighted by atomic mass is 16.6. The van der Waals surface area contributed by atoms with E-state index in [0.717, 1.165) is 12.8 Å². The number of carbonyl (C=O) groups is 1. The average Bonchev–Trinajstić information content (AvgIpc) is 2.84. The maximum Gasteiger partial charge on any atom is 0.337 e. The Kier molecular flexibility index (Phi) is 6.73. The number of allylic oxidation sites excluding steroid dienone is 3. The van der Waals surface area contributed by atoms with E-state index in [1.165, 1.54) is 31.4 Å². The minimum atomic E-state index is -0.530. The summed E-state index contributed by atoms with van der Waals surface area (Å²) in [6.07, 6.45) is 7.40. The Morgan fingerprint density at radius 3 is 2.56 bits per heavy atom. The van der Waals surface area contributed by atoms with Gasteiger partial charge in [-0.25, -0.2) is 4.79 Å². The SMILES string of the molecule is COC(=O)c1cccc(Nc2nc(OC3=CCCC=C3)nc(Oc3cccc([N+](=O)[O-])c3)n2)c1. The van der Waals surface area contributed by atoms with E-state index in [4.69, 9.17) is 14.2 Å². The van der Waals surface area contributed by atoms with E-state index in [9.17, 15) is 14.9 Å². The van der Waals surface area contributed by atoms with Crippen molar-refractivity contribution in [2.75, 3.05) is 12.4 Å². The average molecular weight is 461 g/mol. The molecule has 0 amide bonds. The van der Waals surface area contributed by atoms with E-state index < -0.39 is 10.9 Å². The van der Waals surface area contributed by atoms with Gasteiger partial charge in [-0.2, -0.15) is 9.97 Å². The van der Waals surface area contributed by atoms with Gasteiger partial charge in [0.15, 0.2) is 0 Å². The lowest BCUT2D eigenvalue weighted by Gasteiger charge is -2.12. The lowest BCUT2D eigenvalue weighted by molar-refractivity contribution is -0.384. The predicted octanol–water partition coefficient (Wildman–Crippen LogP) is 4.72. The van der Waals surface area contributed by atoms with Gasteiger partial charge >= 0.3 is 18.0 Å². The number of rotatable bonds is 8. The summed E-state index contributed by atoms with van der Waals surface area (Å²) < 4.78 is 16.2. The number of nitro benzene ring substituents is 1. The number of nitrogens with one attached hydrogen (secondary N) is 1. The van der Waals surface area contributed by atoms with Crippen molar-refractivity contribution in [2.45, 2.75) is 12.8 Å². The van der Waals surface area contributed by atoms with Gasteiger partial charge in [-0.3, -0.25) is 10.1 Å². The van der Waals surface area contributed by atoms with Gasteiger partial charge in [0.25, 0.3) is 5.69 Å². The van der Waals surface area contributed by atoms with Crippen LogP contribution in [0.2, 0.25) is 0 Å². The highest BCUT2D eigenvalue weighted by Crippen LogP contribution is 2.26. The van der Waals surface area contributed by atoms with E-state index in [0.29, 0.717) is 17.0 Å². The number of hydrogen-bond acceptors (Lipinski definition) is 10. The van der Waals surface area contributed by atoms with Gasteiger partial charge in [-0.1, -0.05) is 18.2 Å². The summed E-state index contributed by atoms with van der Waals surface area (Å²) in [5, 5.41) is 14.0. The molecule has 1 aliphatic carbocycles. The number of nitrogens with zero attached hydrogens (tertiary/aromatic N) is 4. The molecular weight excluding hydrogens is 442 g/mol. The molecular formula is C23H19N5O6. The minimum absolute atomic E-state index is 0.0418. The first kappa shape index (κ1) is 22.4. The predicted molar refractivity (Wildman–Crippen MR) is 121 cm³/mol. The van der Waals surface area contributed by atoms with Crippen LogP contribution in [0.15, 0.2) is 72.5 Å². The smallest absolute Gasteiger partial charge is 0.337 e. The molecule has 172 valence electrons. The van der Waals surface area contributed by atoms with Crippen molar-refractivity contribution >= 4 is 23.3 Å². The second-order valence-corrected chi connectivity index (χ2v) is 6.97. The molecule has 11 nitrogen and oxygen atoms in total. The number of anilines is 2. The van der Waals surface area contributed by atoms with E-state index in [-0.39, 0.29) is 29.4 Å². The Hall–Kier alpha value is -4.80. The number of nitro groups is 1. The minimum Gasteiger partial charge on any atom is -0.465 e. The fourth-order valence-electron chi connectivity index (χ4n) is 2.99. The van der Waals surface area contributed by atoms with Crippen molar-refractivity contribution in [3.05, 3.63) is 88.2 Å². The molecule has 0 bridgehead atoms. The third kappa shape index (κ3) is 5.71. The number of ether oxygens (including phenoxy) is 3. The van der Waals surface area contributed by atoms with Crippen molar-refractivity contribution in [2.24, 2.45) is 0 Å². The van der Waals surface area contributed by atoms with Crippen LogP contribution in [0.3, 0.4) is 0 Å². The number of carbonyl (C=O) groups excluding carboxylic acids is 1. The normalized spacial score (nSPS) is 12.4. The fourth-order valence-corrected chi connectivity index (χ4v) is 2.99. The lowest BCUT2D eigenvalue weighted by Crippen LogP contribution is -2.06.